The van der Waals surface area contributed by atoms with Crippen LogP contribution in [0.25, 0.3) is 0 Å². The molecule has 1 fully saturated rings. The maximum atomic E-state index is 11.6. The Labute approximate surface area is 124 Å². The van der Waals surface area contributed by atoms with Gasteiger partial charge in [-0.1, -0.05) is 30.3 Å². The molecule has 1 saturated heterocycles. The van der Waals surface area contributed by atoms with Gasteiger partial charge in [-0.15, -0.1) is 0 Å². The van der Waals surface area contributed by atoms with E-state index >= 15 is 0 Å². The van der Waals surface area contributed by atoms with Crippen LogP contribution in [-0.4, -0.2) is 19.0 Å². The van der Waals surface area contributed by atoms with Gasteiger partial charge in [0.2, 0.25) is 0 Å². The molecular weight excluding hydrogens is 262 g/mol. The van der Waals surface area contributed by atoms with Crippen molar-refractivity contribution in [2.75, 3.05) is 23.7 Å². The Balaban J connectivity index is 1.86. The van der Waals surface area contributed by atoms with Crippen molar-refractivity contribution in [3.63, 3.8) is 0 Å². The number of rotatable bonds is 3. The summed E-state index contributed by atoms with van der Waals surface area (Å²) >= 11 is 0. The Morgan fingerprint density at radius 3 is 2.62 bits per heavy atom. The average Bonchev–Trinajstić information content (AvgIpc) is 2.97. The van der Waals surface area contributed by atoms with Gasteiger partial charge in [-0.2, -0.15) is 0 Å². The molecule has 2 aromatic carbocycles. The monoisotopic (exact) mass is 281 g/mol. The first-order chi connectivity index (χ1) is 10.1. The number of carbonyl (C=O) groups excluding carboxylic acids is 1. The molecule has 0 saturated carbocycles. The quantitative estimate of drug-likeness (QED) is 0.848. The Kier molecular flexibility index (Phi) is 3.52. The van der Waals surface area contributed by atoms with Gasteiger partial charge >= 0.3 is 0 Å². The minimum absolute atomic E-state index is 0.409. The fourth-order valence-electron chi connectivity index (χ4n) is 3.00. The van der Waals surface area contributed by atoms with Crippen LogP contribution >= 0.6 is 0 Å². The molecule has 0 radical (unpaired) electrons. The van der Waals surface area contributed by atoms with Gasteiger partial charge in [0.1, 0.15) is 0 Å². The summed E-state index contributed by atoms with van der Waals surface area (Å²) in [5.74, 6) is 0.0709. The summed E-state index contributed by atoms with van der Waals surface area (Å²) < 4.78 is 0. The predicted octanol–water partition coefficient (Wildman–Crippen LogP) is 2.36. The number of benzene rings is 2. The van der Waals surface area contributed by atoms with Crippen molar-refractivity contribution < 1.29 is 4.79 Å². The third kappa shape index (κ3) is 2.70. The highest BCUT2D eigenvalue weighted by molar-refractivity contribution is 5.99. The van der Waals surface area contributed by atoms with E-state index in [0.29, 0.717) is 17.2 Å². The summed E-state index contributed by atoms with van der Waals surface area (Å²) in [4.78, 5) is 13.8. The number of primary amides is 1. The number of anilines is 2. The van der Waals surface area contributed by atoms with Gasteiger partial charge in [-0.25, -0.2) is 0 Å². The van der Waals surface area contributed by atoms with E-state index in [4.69, 9.17) is 11.5 Å². The third-order valence-corrected chi connectivity index (χ3v) is 4.09. The Hall–Kier alpha value is -2.49. The molecule has 1 heterocycles. The molecule has 0 aliphatic carbocycles. The highest BCUT2D eigenvalue weighted by Gasteiger charge is 2.26. The van der Waals surface area contributed by atoms with Crippen LogP contribution < -0.4 is 16.4 Å². The van der Waals surface area contributed by atoms with Gasteiger partial charge < -0.3 is 16.4 Å². The number of nitrogens with two attached hydrogens (primary N) is 2. The normalized spacial score (nSPS) is 17.9. The van der Waals surface area contributed by atoms with Crippen molar-refractivity contribution in [1.82, 2.24) is 0 Å². The fourth-order valence-corrected chi connectivity index (χ4v) is 3.00. The van der Waals surface area contributed by atoms with E-state index in [-0.39, 0.29) is 0 Å². The maximum absolute atomic E-state index is 11.6. The summed E-state index contributed by atoms with van der Waals surface area (Å²) in [6.07, 6.45) is 1.07. The molecule has 21 heavy (non-hydrogen) atoms. The molecule has 0 spiro atoms. The largest absolute Gasteiger partial charge is 0.399 e. The van der Waals surface area contributed by atoms with E-state index in [2.05, 4.69) is 29.2 Å². The van der Waals surface area contributed by atoms with Crippen LogP contribution in [-0.2, 0) is 0 Å². The molecule has 1 atom stereocenters. The highest BCUT2D eigenvalue weighted by Crippen LogP contribution is 2.33. The van der Waals surface area contributed by atoms with E-state index in [0.717, 1.165) is 25.2 Å². The number of hydrogen-bond donors (Lipinski definition) is 2. The summed E-state index contributed by atoms with van der Waals surface area (Å²) in [5, 5.41) is 0. The standard InChI is InChI=1S/C17H19N3O/c18-14-6-7-15(17(19)21)16(10-14)20-9-8-13(11-20)12-4-2-1-3-5-12/h1-7,10,13H,8-9,11,18H2,(H2,19,21). The zero-order valence-corrected chi connectivity index (χ0v) is 11.8. The van der Waals surface area contributed by atoms with Crippen molar-refractivity contribution in [3.8, 4) is 0 Å². The summed E-state index contributed by atoms with van der Waals surface area (Å²) in [6.45, 7) is 1.79. The molecule has 4 N–H and O–H groups in total. The fraction of sp³-hybridized carbons (Fsp3) is 0.235. The van der Waals surface area contributed by atoms with E-state index in [1.54, 1.807) is 12.1 Å². The first-order valence-corrected chi connectivity index (χ1v) is 7.14. The molecule has 108 valence electrons. The number of nitrogen functional groups attached to an aromatic ring is 1. The molecule has 0 bridgehead atoms. The summed E-state index contributed by atoms with van der Waals surface area (Å²) in [6, 6.07) is 15.7. The lowest BCUT2D eigenvalue weighted by atomic mass is 9.99. The Morgan fingerprint density at radius 1 is 1.14 bits per heavy atom. The molecule has 3 rings (SSSR count). The molecule has 1 unspecified atom stereocenters. The molecular formula is C17H19N3O. The van der Waals surface area contributed by atoms with Crippen molar-refractivity contribution in [2.45, 2.75) is 12.3 Å². The Bertz CT molecular complexity index is 654. The summed E-state index contributed by atoms with van der Waals surface area (Å²) in [7, 11) is 0. The average molecular weight is 281 g/mol. The van der Waals surface area contributed by atoms with Gasteiger partial charge in [0.25, 0.3) is 5.91 Å². The Morgan fingerprint density at radius 2 is 1.90 bits per heavy atom. The zero-order chi connectivity index (χ0) is 14.8. The van der Waals surface area contributed by atoms with Gasteiger partial charge in [0, 0.05) is 24.7 Å². The van der Waals surface area contributed by atoms with Gasteiger partial charge in [0.15, 0.2) is 0 Å². The highest BCUT2D eigenvalue weighted by atomic mass is 16.1. The lowest BCUT2D eigenvalue weighted by molar-refractivity contribution is 0.100. The van der Waals surface area contributed by atoms with Crippen LogP contribution in [0, 0.1) is 0 Å². The molecule has 1 aliphatic rings. The van der Waals surface area contributed by atoms with E-state index in [9.17, 15) is 4.79 Å². The smallest absolute Gasteiger partial charge is 0.250 e. The first-order valence-electron chi connectivity index (χ1n) is 7.14. The van der Waals surface area contributed by atoms with Crippen LogP contribution in [0.1, 0.15) is 28.3 Å². The van der Waals surface area contributed by atoms with E-state index in [1.807, 2.05) is 12.1 Å². The van der Waals surface area contributed by atoms with Crippen molar-refractivity contribution in [2.24, 2.45) is 5.73 Å². The first kappa shape index (κ1) is 13.5. The molecule has 1 aliphatic heterocycles. The van der Waals surface area contributed by atoms with Crippen molar-refractivity contribution in [3.05, 3.63) is 59.7 Å². The lowest BCUT2D eigenvalue weighted by Crippen LogP contribution is -2.24. The van der Waals surface area contributed by atoms with Crippen LogP contribution in [0.15, 0.2) is 48.5 Å². The lowest BCUT2D eigenvalue weighted by Gasteiger charge is -2.21. The second-order valence-corrected chi connectivity index (χ2v) is 5.48. The number of hydrogen-bond acceptors (Lipinski definition) is 3. The predicted molar refractivity (Wildman–Crippen MR) is 85.4 cm³/mol. The van der Waals surface area contributed by atoms with E-state index < -0.39 is 5.91 Å². The molecule has 4 nitrogen and oxygen atoms in total. The number of amides is 1. The van der Waals surface area contributed by atoms with Crippen LogP contribution in [0.3, 0.4) is 0 Å². The SMILES string of the molecule is NC(=O)c1ccc(N)cc1N1CCC(c2ccccc2)C1. The van der Waals surface area contributed by atoms with Gasteiger partial charge in [0.05, 0.1) is 11.3 Å². The van der Waals surface area contributed by atoms with Gasteiger partial charge in [-0.05, 0) is 30.2 Å². The number of carbonyl (C=O) groups is 1. The minimum Gasteiger partial charge on any atom is -0.399 e. The molecule has 0 aromatic heterocycles. The molecule has 4 heteroatoms. The van der Waals surface area contributed by atoms with Crippen LogP contribution in [0.2, 0.25) is 0 Å². The molecule has 2 aromatic rings. The van der Waals surface area contributed by atoms with Crippen molar-refractivity contribution in [1.29, 1.82) is 0 Å². The zero-order valence-electron chi connectivity index (χ0n) is 11.8. The second kappa shape index (κ2) is 5.48. The van der Waals surface area contributed by atoms with Gasteiger partial charge in [-0.3, -0.25) is 4.79 Å². The molecule has 1 amide bonds. The van der Waals surface area contributed by atoms with Crippen molar-refractivity contribution >= 4 is 17.3 Å². The maximum Gasteiger partial charge on any atom is 0.250 e. The van der Waals surface area contributed by atoms with E-state index in [1.165, 1.54) is 5.56 Å². The van der Waals surface area contributed by atoms with Crippen LogP contribution in [0.4, 0.5) is 11.4 Å². The second-order valence-electron chi connectivity index (χ2n) is 5.48. The van der Waals surface area contributed by atoms with Crippen LogP contribution in [0.5, 0.6) is 0 Å². The topological polar surface area (TPSA) is 72.3 Å². The summed E-state index contributed by atoms with van der Waals surface area (Å²) in [5.41, 5.74) is 14.7. The minimum atomic E-state index is -0.409. The number of nitrogens with zero attached hydrogens (tertiary/aromatic N) is 1. The third-order valence-electron chi connectivity index (χ3n) is 4.09.